The van der Waals surface area contributed by atoms with Crippen LogP contribution in [0.1, 0.15) is 50.0 Å². The van der Waals surface area contributed by atoms with Crippen molar-refractivity contribution in [2.75, 3.05) is 26.2 Å². The van der Waals surface area contributed by atoms with Crippen molar-refractivity contribution < 1.29 is 9.26 Å². The summed E-state index contributed by atoms with van der Waals surface area (Å²) < 4.78 is 11.0. The number of hydrogen-bond donors (Lipinski definition) is 1. The SMILES string of the molecule is CC1CCOC1c1nc(C(N)CN2CCCC2)no1. The first-order chi connectivity index (χ1) is 9.24. The van der Waals surface area contributed by atoms with E-state index >= 15 is 0 Å². The van der Waals surface area contributed by atoms with Crippen LogP contribution in [0.5, 0.6) is 0 Å². The van der Waals surface area contributed by atoms with Gasteiger partial charge in [0.2, 0.25) is 0 Å². The van der Waals surface area contributed by atoms with E-state index in [2.05, 4.69) is 22.0 Å². The largest absolute Gasteiger partial charge is 0.368 e. The summed E-state index contributed by atoms with van der Waals surface area (Å²) in [6, 6.07) is -0.174. The van der Waals surface area contributed by atoms with Gasteiger partial charge in [-0.25, -0.2) is 0 Å². The Morgan fingerprint density at radius 3 is 2.89 bits per heavy atom. The van der Waals surface area contributed by atoms with Crippen LogP contribution in [0.15, 0.2) is 4.52 Å². The minimum Gasteiger partial charge on any atom is -0.368 e. The van der Waals surface area contributed by atoms with Gasteiger partial charge >= 0.3 is 0 Å². The van der Waals surface area contributed by atoms with E-state index in [1.807, 2.05) is 0 Å². The maximum absolute atomic E-state index is 6.15. The number of likely N-dealkylation sites (tertiary alicyclic amines) is 1. The molecule has 6 nitrogen and oxygen atoms in total. The van der Waals surface area contributed by atoms with Gasteiger partial charge in [0.05, 0.1) is 6.04 Å². The van der Waals surface area contributed by atoms with Crippen LogP contribution in [0.2, 0.25) is 0 Å². The molecule has 0 amide bonds. The minimum absolute atomic E-state index is 0.0553. The van der Waals surface area contributed by atoms with Crippen LogP contribution in [0.3, 0.4) is 0 Å². The Kier molecular flexibility index (Phi) is 3.81. The van der Waals surface area contributed by atoms with Crippen LogP contribution in [0.4, 0.5) is 0 Å². The number of nitrogens with two attached hydrogens (primary N) is 1. The first-order valence-electron chi connectivity index (χ1n) is 7.17. The van der Waals surface area contributed by atoms with E-state index in [1.54, 1.807) is 0 Å². The summed E-state index contributed by atoms with van der Waals surface area (Å²) >= 11 is 0. The molecule has 19 heavy (non-hydrogen) atoms. The molecule has 1 aromatic heterocycles. The summed E-state index contributed by atoms with van der Waals surface area (Å²) in [6.07, 6.45) is 3.51. The zero-order valence-electron chi connectivity index (χ0n) is 11.4. The van der Waals surface area contributed by atoms with Crippen molar-refractivity contribution in [1.82, 2.24) is 15.0 Å². The van der Waals surface area contributed by atoms with E-state index in [0.29, 0.717) is 17.6 Å². The fourth-order valence-corrected chi connectivity index (χ4v) is 2.85. The van der Waals surface area contributed by atoms with Crippen LogP contribution < -0.4 is 5.73 Å². The van der Waals surface area contributed by atoms with E-state index in [0.717, 1.165) is 32.7 Å². The molecule has 0 saturated carbocycles. The summed E-state index contributed by atoms with van der Waals surface area (Å²) in [6.45, 7) is 5.97. The van der Waals surface area contributed by atoms with Crippen LogP contribution in [-0.4, -0.2) is 41.3 Å². The summed E-state index contributed by atoms with van der Waals surface area (Å²) in [5.74, 6) is 1.62. The molecule has 2 aliphatic heterocycles. The second kappa shape index (κ2) is 5.56. The van der Waals surface area contributed by atoms with Gasteiger partial charge in [0, 0.05) is 13.2 Å². The number of nitrogens with zero attached hydrogens (tertiary/aromatic N) is 3. The molecule has 3 heterocycles. The second-order valence-corrected chi connectivity index (χ2v) is 5.66. The van der Waals surface area contributed by atoms with E-state index in [4.69, 9.17) is 15.0 Å². The highest BCUT2D eigenvalue weighted by atomic mass is 16.5. The Balaban J connectivity index is 1.63. The van der Waals surface area contributed by atoms with Crippen molar-refractivity contribution in [2.45, 2.75) is 38.3 Å². The van der Waals surface area contributed by atoms with E-state index in [1.165, 1.54) is 12.8 Å². The van der Waals surface area contributed by atoms with Crippen molar-refractivity contribution in [3.8, 4) is 0 Å². The third-order valence-electron chi connectivity index (χ3n) is 4.07. The molecule has 0 bridgehead atoms. The highest BCUT2D eigenvalue weighted by Crippen LogP contribution is 2.33. The number of rotatable bonds is 4. The van der Waals surface area contributed by atoms with Crippen molar-refractivity contribution in [2.24, 2.45) is 11.7 Å². The molecule has 1 aromatic rings. The molecule has 3 rings (SSSR count). The van der Waals surface area contributed by atoms with Crippen molar-refractivity contribution in [3.05, 3.63) is 11.7 Å². The first kappa shape index (κ1) is 13.0. The predicted octanol–water partition coefficient (Wildman–Crippen LogP) is 1.26. The van der Waals surface area contributed by atoms with E-state index in [9.17, 15) is 0 Å². The topological polar surface area (TPSA) is 77.4 Å². The molecular formula is C13H22N4O2. The zero-order valence-corrected chi connectivity index (χ0v) is 11.4. The van der Waals surface area contributed by atoms with Crippen LogP contribution in [-0.2, 0) is 4.74 Å². The Labute approximate surface area is 113 Å². The Morgan fingerprint density at radius 1 is 1.42 bits per heavy atom. The third-order valence-corrected chi connectivity index (χ3v) is 4.07. The third kappa shape index (κ3) is 2.80. The molecule has 0 aliphatic carbocycles. The normalized spacial score (nSPS) is 30.0. The summed E-state index contributed by atoms with van der Waals surface area (Å²) in [5, 5.41) is 4.02. The molecule has 0 aromatic carbocycles. The molecule has 2 saturated heterocycles. The Morgan fingerprint density at radius 2 is 2.21 bits per heavy atom. The van der Waals surface area contributed by atoms with Gasteiger partial charge in [0.15, 0.2) is 5.82 Å². The lowest BCUT2D eigenvalue weighted by atomic mass is 10.0. The fourth-order valence-electron chi connectivity index (χ4n) is 2.85. The smallest absolute Gasteiger partial charge is 0.256 e. The van der Waals surface area contributed by atoms with Gasteiger partial charge in [-0.2, -0.15) is 4.98 Å². The summed E-state index contributed by atoms with van der Waals surface area (Å²) in [4.78, 5) is 6.79. The molecule has 2 aliphatic rings. The highest BCUT2D eigenvalue weighted by molar-refractivity contribution is 4.98. The van der Waals surface area contributed by atoms with Gasteiger partial charge < -0.3 is 19.9 Å². The lowest BCUT2D eigenvalue weighted by molar-refractivity contribution is 0.0661. The Bertz CT molecular complexity index is 417. The quantitative estimate of drug-likeness (QED) is 0.884. The highest BCUT2D eigenvalue weighted by Gasteiger charge is 2.31. The maximum Gasteiger partial charge on any atom is 0.256 e. The van der Waals surface area contributed by atoms with Crippen LogP contribution >= 0.6 is 0 Å². The molecule has 0 radical (unpaired) electrons. The lowest BCUT2D eigenvalue weighted by Gasteiger charge is -2.17. The standard InChI is InChI=1S/C13H22N4O2/c1-9-4-7-18-11(9)13-15-12(16-19-13)10(14)8-17-5-2-3-6-17/h9-11H,2-8,14H2,1H3. The molecule has 3 unspecified atom stereocenters. The van der Waals surface area contributed by atoms with Crippen molar-refractivity contribution >= 4 is 0 Å². The molecule has 2 N–H and O–H groups in total. The van der Waals surface area contributed by atoms with E-state index in [-0.39, 0.29) is 12.1 Å². The molecule has 106 valence electrons. The summed E-state index contributed by atoms with van der Waals surface area (Å²) in [5.41, 5.74) is 6.15. The van der Waals surface area contributed by atoms with Gasteiger partial charge in [-0.3, -0.25) is 0 Å². The monoisotopic (exact) mass is 266 g/mol. The minimum atomic E-state index is -0.174. The van der Waals surface area contributed by atoms with Crippen molar-refractivity contribution in [3.63, 3.8) is 0 Å². The van der Waals surface area contributed by atoms with Gasteiger partial charge in [-0.1, -0.05) is 12.1 Å². The number of aromatic nitrogens is 2. The van der Waals surface area contributed by atoms with E-state index < -0.39 is 0 Å². The van der Waals surface area contributed by atoms with Gasteiger partial charge in [0.25, 0.3) is 5.89 Å². The van der Waals surface area contributed by atoms with Crippen LogP contribution in [0.25, 0.3) is 0 Å². The fraction of sp³-hybridized carbons (Fsp3) is 0.846. The number of hydrogen-bond acceptors (Lipinski definition) is 6. The molecule has 3 atom stereocenters. The second-order valence-electron chi connectivity index (χ2n) is 5.66. The molecule has 6 heteroatoms. The van der Waals surface area contributed by atoms with Gasteiger partial charge in [-0.05, 0) is 38.3 Å². The first-order valence-corrected chi connectivity index (χ1v) is 7.17. The van der Waals surface area contributed by atoms with Gasteiger partial charge in [-0.15, -0.1) is 0 Å². The average molecular weight is 266 g/mol. The van der Waals surface area contributed by atoms with Gasteiger partial charge in [0.1, 0.15) is 6.10 Å². The molecular weight excluding hydrogens is 244 g/mol. The predicted molar refractivity (Wildman–Crippen MR) is 69.4 cm³/mol. The average Bonchev–Trinajstić information content (AvgIpc) is 3.08. The Hall–Kier alpha value is -0.980. The maximum atomic E-state index is 6.15. The molecule has 2 fully saturated rings. The zero-order chi connectivity index (χ0) is 13.2. The molecule has 0 spiro atoms. The number of ether oxygens (including phenoxy) is 1. The summed E-state index contributed by atoms with van der Waals surface area (Å²) in [7, 11) is 0. The lowest BCUT2D eigenvalue weighted by Crippen LogP contribution is -2.30. The van der Waals surface area contributed by atoms with Crippen LogP contribution in [0, 0.1) is 5.92 Å². The van der Waals surface area contributed by atoms with Crippen molar-refractivity contribution in [1.29, 1.82) is 0 Å².